The number of hydrazone groups is 1. The highest BCUT2D eigenvalue weighted by Crippen LogP contribution is 2.31. The van der Waals surface area contributed by atoms with Crippen LogP contribution in [0.5, 0.6) is 11.5 Å². The monoisotopic (exact) mass is 468 g/mol. The van der Waals surface area contributed by atoms with E-state index in [0.717, 1.165) is 24.2 Å². The largest absolute Gasteiger partial charge is 0.486 e. The Morgan fingerprint density at radius 3 is 2.57 bits per heavy atom. The number of rotatable bonds is 7. The maximum Gasteiger partial charge on any atom is 0.292 e. The van der Waals surface area contributed by atoms with Gasteiger partial charge in [0.15, 0.2) is 11.5 Å². The molecule has 10 heteroatoms. The Labute approximate surface area is 202 Å². The van der Waals surface area contributed by atoms with Gasteiger partial charge in [-0.2, -0.15) is 9.78 Å². The molecule has 0 saturated carbocycles. The molecule has 1 aliphatic rings. The van der Waals surface area contributed by atoms with E-state index in [1.54, 1.807) is 0 Å². The maximum absolute atomic E-state index is 5.73. The number of fused-ring (bicyclic) bond motifs is 1. The highest BCUT2D eigenvalue weighted by atomic mass is 16.6. The first-order chi connectivity index (χ1) is 17.3. The summed E-state index contributed by atoms with van der Waals surface area (Å²) < 4.78 is 12.9. The maximum atomic E-state index is 5.73. The van der Waals surface area contributed by atoms with Crippen LogP contribution in [0.25, 0.3) is 5.69 Å². The number of para-hydroxylation sites is 1. The molecule has 0 unspecified atom stereocenters. The van der Waals surface area contributed by atoms with Crippen LogP contribution in [0.15, 0.2) is 88.1 Å². The second kappa shape index (κ2) is 10.6. The number of nitrogens with zero attached hydrogens (tertiary/aromatic N) is 7. The Bertz CT molecular complexity index is 1330. The minimum Gasteiger partial charge on any atom is -0.486 e. The number of azo groups is 1. The zero-order valence-corrected chi connectivity index (χ0v) is 19.2. The summed E-state index contributed by atoms with van der Waals surface area (Å²) in [5.74, 6) is 1.88. The highest BCUT2D eigenvalue weighted by Gasteiger charge is 2.15. The molecule has 4 aromatic rings. The lowest BCUT2D eigenvalue weighted by Gasteiger charge is -2.18. The van der Waals surface area contributed by atoms with Crippen LogP contribution in [0, 0.1) is 0 Å². The Morgan fingerprint density at radius 2 is 1.77 bits per heavy atom. The van der Waals surface area contributed by atoms with Crippen molar-refractivity contribution in [3.05, 3.63) is 83.9 Å². The van der Waals surface area contributed by atoms with Crippen LogP contribution in [-0.4, -0.2) is 39.3 Å². The topological polar surface area (TPSA) is 111 Å². The SMILES string of the molecule is CCCc1ccc(N/N=C(/N=Nc2nnnn2-c2ccccc2)c2ccc3c(c2)OCCO3)cc1. The van der Waals surface area contributed by atoms with Crippen LogP contribution < -0.4 is 14.9 Å². The lowest BCUT2D eigenvalue weighted by Crippen LogP contribution is -2.15. The van der Waals surface area contributed by atoms with Gasteiger partial charge in [0.25, 0.3) is 5.95 Å². The summed E-state index contributed by atoms with van der Waals surface area (Å²) in [5, 5.41) is 25.0. The van der Waals surface area contributed by atoms with Gasteiger partial charge in [-0.1, -0.05) is 48.8 Å². The fourth-order valence-electron chi connectivity index (χ4n) is 3.55. The molecule has 1 aromatic heterocycles. The van der Waals surface area contributed by atoms with Gasteiger partial charge >= 0.3 is 0 Å². The van der Waals surface area contributed by atoms with E-state index in [0.29, 0.717) is 36.1 Å². The summed E-state index contributed by atoms with van der Waals surface area (Å²) in [6.45, 7) is 3.17. The molecule has 2 heterocycles. The van der Waals surface area contributed by atoms with Crippen molar-refractivity contribution in [2.75, 3.05) is 18.6 Å². The standard InChI is InChI=1S/C25H24N8O2/c1-2-6-18-9-12-20(13-10-18)26-27-24(19-11-14-22-23(17-19)35-16-15-34-22)28-29-25-30-31-32-33(25)21-7-4-3-5-8-21/h3-5,7-14,17,26H,2,6,15-16H2,1H3/b27-24+,29-28?. The Hall–Kier alpha value is -4.60. The number of amidine groups is 1. The van der Waals surface area contributed by atoms with Crippen LogP contribution in [0.3, 0.4) is 0 Å². The van der Waals surface area contributed by atoms with E-state index in [-0.39, 0.29) is 5.95 Å². The number of anilines is 1. The Morgan fingerprint density at radius 1 is 0.971 bits per heavy atom. The van der Waals surface area contributed by atoms with Crippen LogP contribution >= 0.6 is 0 Å². The Kier molecular flexibility index (Phi) is 6.70. The van der Waals surface area contributed by atoms with Crippen LogP contribution in [0.2, 0.25) is 0 Å². The van der Waals surface area contributed by atoms with E-state index in [4.69, 9.17) is 9.47 Å². The number of ether oxygens (including phenoxy) is 2. The predicted molar refractivity (Wildman–Crippen MR) is 132 cm³/mol. The molecule has 1 N–H and O–H groups in total. The summed E-state index contributed by atoms with van der Waals surface area (Å²) in [5.41, 5.74) is 6.66. The van der Waals surface area contributed by atoms with E-state index in [2.05, 4.69) is 55.3 Å². The molecule has 3 aromatic carbocycles. The fourth-order valence-corrected chi connectivity index (χ4v) is 3.55. The molecule has 0 aliphatic carbocycles. The van der Waals surface area contributed by atoms with Gasteiger partial charge in [0.1, 0.15) is 13.2 Å². The predicted octanol–water partition coefficient (Wildman–Crippen LogP) is 4.94. The normalized spacial score (nSPS) is 13.2. The van der Waals surface area contributed by atoms with Crippen LogP contribution in [-0.2, 0) is 6.42 Å². The first-order valence-electron chi connectivity index (χ1n) is 11.4. The summed E-state index contributed by atoms with van der Waals surface area (Å²) in [4.78, 5) is 0. The van der Waals surface area contributed by atoms with Gasteiger partial charge in [-0.05, 0) is 64.9 Å². The summed E-state index contributed by atoms with van der Waals surface area (Å²) in [7, 11) is 0. The third kappa shape index (κ3) is 5.32. The molecule has 0 fully saturated rings. The molecule has 10 nitrogen and oxygen atoms in total. The minimum absolute atomic E-state index is 0.227. The van der Waals surface area contributed by atoms with Gasteiger partial charge in [0, 0.05) is 5.56 Å². The summed E-state index contributed by atoms with van der Waals surface area (Å²) in [6.07, 6.45) is 2.14. The van der Waals surface area contributed by atoms with Crippen molar-refractivity contribution >= 4 is 17.5 Å². The van der Waals surface area contributed by atoms with Crippen molar-refractivity contribution < 1.29 is 9.47 Å². The zero-order valence-electron chi connectivity index (χ0n) is 19.2. The average Bonchev–Trinajstić information content (AvgIpc) is 3.39. The first kappa shape index (κ1) is 22.2. The van der Waals surface area contributed by atoms with Crippen molar-refractivity contribution in [1.29, 1.82) is 0 Å². The molecule has 35 heavy (non-hydrogen) atoms. The average molecular weight is 469 g/mol. The number of hydrogen-bond acceptors (Lipinski definition) is 8. The number of benzene rings is 3. The molecule has 176 valence electrons. The van der Waals surface area contributed by atoms with E-state index in [1.165, 1.54) is 10.2 Å². The van der Waals surface area contributed by atoms with Gasteiger partial charge in [-0.3, -0.25) is 5.43 Å². The molecular formula is C25H24N8O2. The molecule has 5 rings (SSSR count). The van der Waals surface area contributed by atoms with Crippen LogP contribution in [0.4, 0.5) is 11.6 Å². The smallest absolute Gasteiger partial charge is 0.292 e. The van der Waals surface area contributed by atoms with Crippen LogP contribution in [0.1, 0.15) is 24.5 Å². The van der Waals surface area contributed by atoms with Crippen molar-refractivity contribution in [3.8, 4) is 17.2 Å². The van der Waals surface area contributed by atoms with Crippen molar-refractivity contribution in [3.63, 3.8) is 0 Å². The van der Waals surface area contributed by atoms with Gasteiger partial charge in [0.2, 0.25) is 5.84 Å². The molecule has 0 bridgehead atoms. The number of hydrogen-bond donors (Lipinski definition) is 1. The van der Waals surface area contributed by atoms with Gasteiger partial charge in [0.05, 0.1) is 11.4 Å². The van der Waals surface area contributed by atoms with Crippen molar-refractivity contribution in [2.45, 2.75) is 19.8 Å². The Balaban J connectivity index is 1.46. The van der Waals surface area contributed by atoms with E-state index >= 15 is 0 Å². The fraction of sp³-hybridized carbons (Fsp3) is 0.200. The molecule has 0 radical (unpaired) electrons. The van der Waals surface area contributed by atoms with Crippen molar-refractivity contribution in [1.82, 2.24) is 20.2 Å². The van der Waals surface area contributed by atoms with E-state index in [1.807, 2.05) is 60.7 Å². The third-order valence-electron chi connectivity index (χ3n) is 5.27. The molecule has 0 amide bonds. The molecule has 0 saturated heterocycles. The third-order valence-corrected chi connectivity index (χ3v) is 5.27. The van der Waals surface area contributed by atoms with Gasteiger partial charge in [-0.15, -0.1) is 10.2 Å². The van der Waals surface area contributed by atoms with E-state index in [9.17, 15) is 0 Å². The van der Waals surface area contributed by atoms with Gasteiger partial charge < -0.3 is 9.47 Å². The summed E-state index contributed by atoms with van der Waals surface area (Å²) >= 11 is 0. The molecule has 1 aliphatic heterocycles. The second-order valence-electron chi connectivity index (χ2n) is 7.78. The molecule has 0 spiro atoms. The summed E-state index contributed by atoms with van der Waals surface area (Å²) in [6, 6.07) is 23.2. The lowest BCUT2D eigenvalue weighted by molar-refractivity contribution is 0.171. The van der Waals surface area contributed by atoms with Crippen molar-refractivity contribution in [2.24, 2.45) is 15.3 Å². The lowest BCUT2D eigenvalue weighted by atomic mass is 10.1. The highest BCUT2D eigenvalue weighted by molar-refractivity contribution is 6.00. The first-order valence-corrected chi connectivity index (χ1v) is 11.4. The zero-order chi connectivity index (χ0) is 23.9. The van der Waals surface area contributed by atoms with E-state index < -0.39 is 0 Å². The quantitative estimate of drug-likeness (QED) is 0.178. The molecular weight excluding hydrogens is 444 g/mol. The number of tetrazole rings is 1. The molecule has 0 atom stereocenters. The van der Waals surface area contributed by atoms with Gasteiger partial charge in [-0.25, -0.2) is 0 Å². The number of aromatic nitrogens is 4. The number of aryl methyl sites for hydroxylation is 1. The minimum atomic E-state index is 0.227. The second-order valence-corrected chi connectivity index (χ2v) is 7.78. The number of nitrogens with one attached hydrogen (secondary N) is 1.